The van der Waals surface area contributed by atoms with Gasteiger partial charge in [-0.25, -0.2) is 0 Å². The first-order chi connectivity index (χ1) is 6.79. The molecular weight excluding hydrogens is 228 g/mol. The Kier molecular flexibility index (Phi) is 3.85. The minimum atomic E-state index is 0.0595. The van der Waals surface area contributed by atoms with Crippen molar-refractivity contribution in [2.24, 2.45) is 0 Å². The molecule has 1 nitrogen and oxygen atoms in total. The van der Waals surface area contributed by atoms with Gasteiger partial charge in [-0.3, -0.25) is 4.79 Å². The standard InChI is InChI=1S/C12H15ClOS/c1-8(14)10-7-9(13)5-6-11(10)15-12(2,3)4/h5-7H,1-4H3. The van der Waals surface area contributed by atoms with Gasteiger partial charge in [-0.15, -0.1) is 11.8 Å². The smallest absolute Gasteiger partial charge is 0.160 e. The van der Waals surface area contributed by atoms with E-state index in [-0.39, 0.29) is 10.5 Å². The maximum absolute atomic E-state index is 11.4. The van der Waals surface area contributed by atoms with Gasteiger partial charge in [0.05, 0.1) is 0 Å². The van der Waals surface area contributed by atoms with Crippen LogP contribution >= 0.6 is 23.4 Å². The van der Waals surface area contributed by atoms with Crippen LogP contribution in [0.4, 0.5) is 0 Å². The fraction of sp³-hybridized carbons (Fsp3) is 0.417. The van der Waals surface area contributed by atoms with Crippen LogP contribution in [0.5, 0.6) is 0 Å². The van der Waals surface area contributed by atoms with Crippen LogP contribution in [-0.2, 0) is 0 Å². The van der Waals surface area contributed by atoms with Crippen LogP contribution in [0.2, 0.25) is 5.02 Å². The molecule has 0 heterocycles. The molecule has 0 aliphatic heterocycles. The second-order valence-electron chi connectivity index (χ2n) is 4.41. The SMILES string of the molecule is CC(=O)c1cc(Cl)ccc1SC(C)(C)C. The van der Waals surface area contributed by atoms with Gasteiger partial charge in [0.2, 0.25) is 0 Å². The van der Waals surface area contributed by atoms with Crippen molar-refractivity contribution in [3.8, 4) is 0 Å². The Bertz CT molecular complexity index is 380. The van der Waals surface area contributed by atoms with Crippen molar-refractivity contribution in [3.05, 3.63) is 28.8 Å². The molecule has 0 aliphatic rings. The first kappa shape index (κ1) is 12.6. The number of carbonyl (C=O) groups is 1. The van der Waals surface area contributed by atoms with Gasteiger partial charge >= 0.3 is 0 Å². The van der Waals surface area contributed by atoms with Gasteiger partial charge in [0.25, 0.3) is 0 Å². The Hall–Kier alpha value is -0.470. The summed E-state index contributed by atoms with van der Waals surface area (Å²) in [5.41, 5.74) is 0.711. The van der Waals surface area contributed by atoms with E-state index in [2.05, 4.69) is 20.8 Å². The van der Waals surface area contributed by atoms with E-state index in [1.807, 2.05) is 12.1 Å². The van der Waals surface area contributed by atoms with Gasteiger partial charge in [-0.2, -0.15) is 0 Å². The number of hydrogen-bond donors (Lipinski definition) is 0. The lowest BCUT2D eigenvalue weighted by atomic mass is 10.1. The lowest BCUT2D eigenvalue weighted by molar-refractivity contribution is 0.101. The maximum atomic E-state index is 11.4. The summed E-state index contributed by atoms with van der Waals surface area (Å²) >= 11 is 7.56. The van der Waals surface area contributed by atoms with Crippen molar-refractivity contribution in [3.63, 3.8) is 0 Å². The van der Waals surface area contributed by atoms with Gasteiger partial charge in [0, 0.05) is 20.2 Å². The zero-order chi connectivity index (χ0) is 11.6. The third-order valence-corrected chi connectivity index (χ3v) is 3.16. The fourth-order valence-electron chi connectivity index (χ4n) is 1.20. The second kappa shape index (κ2) is 4.58. The lowest BCUT2D eigenvalue weighted by Crippen LogP contribution is -2.08. The second-order valence-corrected chi connectivity index (χ2v) is 6.72. The summed E-state index contributed by atoms with van der Waals surface area (Å²) in [6.45, 7) is 7.93. The number of rotatable bonds is 2. The van der Waals surface area contributed by atoms with E-state index in [0.717, 1.165) is 4.90 Å². The molecule has 0 saturated carbocycles. The summed E-state index contributed by atoms with van der Waals surface area (Å²) in [5, 5.41) is 0.610. The summed E-state index contributed by atoms with van der Waals surface area (Å²) < 4.78 is 0.0953. The highest BCUT2D eigenvalue weighted by Crippen LogP contribution is 2.35. The van der Waals surface area contributed by atoms with E-state index < -0.39 is 0 Å². The molecule has 3 heteroatoms. The Morgan fingerprint density at radius 1 is 1.33 bits per heavy atom. The molecule has 0 fully saturated rings. The zero-order valence-corrected chi connectivity index (χ0v) is 11.0. The summed E-state index contributed by atoms with van der Waals surface area (Å²) in [6, 6.07) is 5.47. The van der Waals surface area contributed by atoms with Crippen molar-refractivity contribution in [1.29, 1.82) is 0 Å². The first-order valence-corrected chi connectivity index (χ1v) is 5.98. The van der Waals surface area contributed by atoms with Gasteiger partial charge < -0.3 is 0 Å². The third-order valence-electron chi connectivity index (χ3n) is 1.74. The van der Waals surface area contributed by atoms with Crippen LogP contribution in [0, 0.1) is 0 Å². The highest BCUT2D eigenvalue weighted by Gasteiger charge is 2.16. The fourth-order valence-corrected chi connectivity index (χ4v) is 2.48. The van der Waals surface area contributed by atoms with Gasteiger partial charge in [0.15, 0.2) is 5.78 Å². The molecule has 0 saturated heterocycles. The number of ketones is 1. The van der Waals surface area contributed by atoms with E-state index in [1.165, 1.54) is 0 Å². The van der Waals surface area contributed by atoms with Crippen LogP contribution in [0.25, 0.3) is 0 Å². The van der Waals surface area contributed by atoms with E-state index >= 15 is 0 Å². The van der Waals surface area contributed by atoms with Crippen molar-refractivity contribution >= 4 is 29.1 Å². The van der Waals surface area contributed by atoms with Crippen molar-refractivity contribution in [2.75, 3.05) is 0 Å². The molecule has 0 amide bonds. The third kappa shape index (κ3) is 3.88. The zero-order valence-electron chi connectivity index (χ0n) is 9.43. The molecular formula is C12H15ClOS. The van der Waals surface area contributed by atoms with E-state index in [0.29, 0.717) is 10.6 Å². The number of benzene rings is 1. The minimum Gasteiger partial charge on any atom is -0.294 e. The first-order valence-electron chi connectivity index (χ1n) is 4.79. The number of hydrogen-bond acceptors (Lipinski definition) is 2. The quantitative estimate of drug-likeness (QED) is 0.564. The predicted molar refractivity (Wildman–Crippen MR) is 67.1 cm³/mol. The Labute approximate surface area is 100 Å². The van der Waals surface area contributed by atoms with Crippen molar-refractivity contribution in [2.45, 2.75) is 37.3 Å². The maximum Gasteiger partial charge on any atom is 0.160 e. The van der Waals surface area contributed by atoms with Gasteiger partial charge in [0.1, 0.15) is 0 Å². The van der Waals surface area contributed by atoms with E-state index in [4.69, 9.17) is 11.6 Å². The highest BCUT2D eigenvalue weighted by molar-refractivity contribution is 8.00. The van der Waals surface area contributed by atoms with Crippen LogP contribution in [0.1, 0.15) is 38.1 Å². The molecule has 1 aromatic rings. The normalized spacial score (nSPS) is 11.5. The Balaban J connectivity index is 3.12. The van der Waals surface area contributed by atoms with Crippen molar-refractivity contribution < 1.29 is 4.79 Å². The molecule has 1 aromatic carbocycles. The van der Waals surface area contributed by atoms with E-state index in [9.17, 15) is 4.79 Å². The number of carbonyl (C=O) groups excluding carboxylic acids is 1. The molecule has 0 atom stereocenters. The molecule has 1 rings (SSSR count). The molecule has 0 N–H and O–H groups in total. The van der Waals surface area contributed by atoms with Crippen LogP contribution in [-0.4, -0.2) is 10.5 Å². The topological polar surface area (TPSA) is 17.1 Å². The molecule has 82 valence electrons. The molecule has 0 radical (unpaired) electrons. The van der Waals surface area contributed by atoms with Crippen LogP contribution < -0.4 is 0 Å². The average Bonchev–Trinajstić information content (AvgIpc) is 2.05. The summed E-state index contributed by atoms with van der Waals surface area (Å²) in [5.74, 6) is 0.0595. The summed E-state index contributed by atoms with van der Waals surface area (Å²) in [7, 11) is 0. The molecule has 0 spiro atoms. The largest absolute Gasteiger partial charge is 0.294 e. The molecule has 15 heavy (non-hydrogen) atoms. The summed E-state index contributed by atoms with van der Waals surface area (Å²) in [4.78, 5) is 12.4. The van der Waals surface area contributed by atoms with Crippen LogP contribution in [0.15, 0.2) is 23.1 Å². The lowest BCUT2D eigenvalue weighted by Gasteiger charge is -2.19. The van der Waals surface area contributed by atoms with Crippen molar-refractivity contribution in [1.82, 2.24) is 0 Å². The van der Waals surface area contributed by atoms with Crippen LogP contribution in [0.3, 0.4) is 0 Å². The number of halogens is 1. The Morgan fingerprint density at radius 2 is 1.93 bits per heavy atom. The molecule has 0 unspecified atom stereocenters. The molecule has 0 aromatic heterocycles. The summed E-state index contributed by atoms with van der Waals surface area (Å²) in [6.07, 6.45) is 0. The van der Waals surface area contributed by atoms with E-state index in [1.54, 1.807) is 24.8 Å². The highest BCUT2D eigenvalue weighted by atomic mass is 35.5. The number of thioether (sulfide) groups is 1. The van der Waals surface area contributed by atoms with Gasteiger partial charge in [-0.05, 0) is 25.1 Å². The monoisotopic (exact) mass is 242 g/mol. The average molecular weight is 243 g/mol. The minimum absolute atomic E-state index is 0.0595. The van der Waals surface area contributed by atoms with Gasteiger partial charge in [-0.1, -0.05) is 32.4 Å². The number of Topliss-reactive ketones (excluding diaryl/α,β-unsaturated/α-hetero) is 1. The molecule has 0 bridgehead atoms. The predicted octanol–water partition coefficient (Wildman–Crippen LogP) is 4.43. The Morgan fingerprint density at radius 3 is 2.40 bits per heavy atom. The molecule has 0 aliphatic carbocycles.